The first-order valence-electron chi connectivity index (χ1n) is 7.05. The lowest BCUT2D eigenvalue weighted by Crippen LogP contribution is -2.37. The van der Waals surface area contributed by atoms with Crippen molar-refractivity contribution in [2.75, 3.05) is 13.1 Å². The number of nitrogens with zero attached hydrogens (tertiary/aromatic N) is 1. The van der Waals surface area contributed by atoms with Crippen molar-refractivity contribution < 1.29 is 0 Å². The summed E-state index contributed by atoms with van der Waals surface area (Å²) in [5.41, 5.74) is 11.4. The van der Waals surface area contributed by atoms with Gasteiger partial charge in [-0.1, -0.05) is 29.9 Å². The van der Waals surface area contributed by atoms with Crippen LogP contribution in [0.2, 0.25) is 0 Å². The Hall–Kier alpha value is -0.930. The van der Waals surface area contributed by atoms with Crippen LogP contribution in [0.25, 0.3) is 0 Å². The maximum Gasteiger partial charge on any atom is 0.0759 e. The Morgan fingerprint density at radius 2 is 1.74 bits per heavy atom. The maximum atomic E-state index is 5.74. The minimum Gasteiger partial charge on any atom is -0.393 e. The van der Waals surface area contributed by atoms with Crippen molar-refractivity contribution in [1.82, 2.24) is 4.90 Å². The van der Waals surface area contributed by atoms with Crippen LogP contribution in [0.15, 0.2) is 12.1 Å². The van der Waals surface area contributed by atoms with E-state index >= 15 is 0 Å². The van der Waals surface area contributed by atoms with Gasteiger partial charge < -0.3 is 5.73 Å². The summed E-state index contributed by atoms with van der Waals surface area (Å²) >= 11 is 5.10. The van der Waals surface area contributed by atoms with Crippen molar-refractivity contribution in [3.63, 3.8) is 0 Å². The minimum absolute atomic E-state index is 0.450. The van der Waals surface area contributed by atoms with Gasteiger partial charge in [0.25, 0.3) is 0 Å². The molecule has 2 rings (SSSR count). The number of rotatable bonds is 3. The Morgan fingerprint density at radius 3 is 2.21 bits per heavy atom. The molecule has 0 saturated carbocycles. The third kappa shape index (κ3) is 3.54. The number of aryl methyl sites for hydroxylation is 3. The Bertz CT molecular complexity index is 451. The number of hydrogen-bond donors (Lipinski definition) is 1. The number of nitrogens with two attached hydrogens (primary N) is 1. The van der Waals surface area contributed by atoms with E-state index in [0.717, 1.165) is 32.5 Å². The van der Waals surface area contributed by atoms with E-state index in [1.54, 1.807) is 0 Å². The van der Waals surface area contributed by atoms with Crippen LogP contribution in [0.3, 0.4) is 0 Å². The van der Waals surface area contributed by atoms with Crippen LogP contribution in [0, 0.1) is 26.7 Å². The lowest BCUT2D eigenvalue weighted by atomic mass is 9.95. The smallest absolute Gasteiger partial charge is 0.0759 e. The van der Waals surface area contributed by atoms with Gasteiger partial charge in [-0.25, -0.2) is 0 Å². The van der Waals surface area contributed by atoms with E-state index in [0.29, 0.717) is 10.9 Å². The van der Waals surface area contributed by atoms with Crippen molar-refractivity contribution in [2.24, 2.45) is 11.7 Å². The lowest BCUT2D eigenvalue weighted by molar-refractivity contribution is 0.201. The van der Waals surface area contributed by atoms with Gasteiger partial charge >= 0.3 is 0 Å². The summed E-state index contributed by atoms with van der Waals surface area (Å²) in [7, 11) is 0. The van der Waals surface area contributed by atoms with Gasteiger partial charge in [0.05, 0.1) is 4.99 Å². The van der Waals surface area contributed by atoms with Crippen molar-refractivity contribution in [1.29, 1.82) is 0 Å². The molecule has 104 valence electrons. The second kappa shape index (κ2) is 6.02. The first-order valence-corrected chi connectivity index (χ1v) is 7.46. The standard InChI is InChI=1S/C16H24N2S/c1-11-8-12(2)15(13(3)9-11)10-18-6-4-14(5-7-18)16(17)19/h8-9,14H,4-7,10H2,1-3H3,(H2,17,19). The molecule has 0 radical (unpaired) electrons. The zero-order valence-corrected chi connectivity index (χ0v) is 13.0. The fraction of sp³-hybridized carbons (Fsp3) is 0.562. The molecule has 19 heavy (non-hydrogen) atoms. The highest BCUT2D eigenvalue weighted by Crippen LogP contribution is 2.23. The largest absolute Gasteiger partial charge is 0.393 e. The molecule has 2 N–H and O–H groups in total. The molecule has 1 aromatic rings. The second-order valence-electron chi connectivity index (χ2n) is 5.83. The van der Waals surface area contributed by atoms with Crippen LogP contribution in [0.4, 0.5) is 0 Å². The highest BCUT2D eigenvalue weighted by Gasteiger charge is 2.21. The zero-order chi connectivity index (χ0) is 14.0. The van der Waals surface area contributed by atoms with Crippen LogP contribution in [0.1, 0.15) is 35.1 Å². The summed E-state index contributed by atoms with van der Waals surface area (Å²) in [6.45, 7) is 9.87. The Balaban J connectivity index is 2.02. The van der Waals surface area contributed by atoms with Crippen LogP contribution >= 0.6 is 12.2 Å². The molecule has 0 bridgehead atoms. The highest BCUT2D eigenvalue weighted by atomic mass is 32.1. The van der Waals surface area contributed by atoms with Crippen molar-refractivity contribution in [3.8, 4) is 0 Å². The number of thiocarbonyl (C=S) groups is 1. The minimum atomic E-state index is 0.450. The third-order valence-corrected chi connectivity index (χ3v) is 4.55. The number of piperidine rings is 1. The van der Waals surface area contributed by atoms with E-state index in [1.807, 2.05) is 0 Å². The van der Waals surface area contributed by atoms with Gasteiger partial charge in [0.15, 0.2) is 0 Å². The molecule has 1 aliphatic rings. The summed E-state index contributed by atoms with van der Waals surface area (Å²) in [4.78, 5) is 3.22. The molecule has 0 amide bonds. The summed E-state index contributed by atoms with van der Waals surface area (Å²) in [5, 5.41) is 0. The van der Waals surface area contributed by atoms with E-state index in [9.17, 15) is 0 Å². The van der Waals surface area contributed by atoms with Crippen LogP contribution < -0.4 is 5.73 Å². The Morgan fingerprint density at radius 1 is 1.21 bits per heavy atom. The molecular formula is C16H24N2S. The van der Waals surface area contributed by atoms with Crippen molar-refractivity contribution in [2.45, 2.75) is 40.2 Å². The molecule has 0 atom stereocenters. The van der Waals surface area contributed by atoms with Gasteiger partial charge in [0, 0.05) is 12.5 Å². The SMILES string of the molecule is Cc1cc(C)c(CN2CCC(C(N)=S)CC2)c(C)c1. The van der Waals surface area contributed by atoms with Gasteiger partial charge in [-0.15, -0.1) is 0 Å². The predicted molar refractivity (Wildman–Crippen MR) is 85.4 cm³/mol. The summed E-state index contributed by atoms with van der Waals surface area (Å²) < 4.78 is 0. The number of benzene rings is 1. The van der Waals surface area contributed by atoms with E-state index in [-0.39, 0.29) is 0 Å². The Labute approximate surface area is 122 Å². The molecule has 3 heteroatoms. The van der Waals surface area contributed by atoms with E-state index in [4.69, 9.17) is 18.0 Å². The van der Waals surface area contributed by atoms with Gasteiger partial charge in [0.1, 0.15) is 0 Å². The molecule has 0 aromatic heterocycles. The second-order valence-corrected chi connectivity index (χ2v) is 6.30. The quantitative estimate of drug-likeness (QED) is 0.860. The molecule has 1 aliphatic heterocycles. The van der Waals surface area contributed by atoms with Crippen LogP contribution in [-0.2, 0) is 6.54 Å². The average molecular weight is 276 g/mol. The zero-order valence-electron chi connectivity index (χ0n) is 12.2. The molecule has 0 spiro atoms. The highest BCUT2D eigenvalue weighted by molar-refractivity contribution is 7.80. The third-order valence-electron chi connectivity index (χ3n) is 4.21. The van der Waals surface area contributed by atoms with Gasteiger partial charge in [-0.3, -0.25) is 4.90 Å². The average Bonchev–Trinajstić information content (AvgIpc) is 2.34. The summed E-state index contributed by atoms with van der Waals surface area (Å²) in [6, 6.07) is 4.56. The van der Waals surface area contributed by atoms with Gasteiger partial charge in [0.2, 0.25) is 0 Å². The molecule has 1 aromatic carbocycles. The van der Waals surface area contributed by atoms with Crippen molar-refractivity contribution >= 4 is 17.2 Å². The number of likely N-dealkylation sites (tertiary alicyclic amines) is 1. The molecule has 1 fully saturated rings. The Kier molecular flexibility index (Phi) is 4.58. The fourth-order valence-electron chi connectivity index (χ4n) is 3.06. The van der Waals surface area contributed by atoms with Crippen LogP contribution in [-0.4, -0.2) is 23.0 Å². The monoisotopic (exact) mass is 276 g/mol. The normalized spacial score (nSPS) is 17.6. The summed E-state index contributed by atoms with van der Waals surface area (Å²) in [6.07, 6.45) is 2.22. The lowest BCUT2D eigenvalue weighted by Gasteiger charge is -2.32. The van der Waals surface area contributed by atoms with Crippen LogP contribution in [0.5, 0.6) is 0 Å². The first-order chi connectivity index (χ1) is 8.97. The topological polar surface area (TPSA) is 29.3 Å². The first kappa shape index (κ1) is 14.5. The molecule has 1 heterocycles. The number of hydrogen-bond acceptors (Lipinski definition) is 2. The van der Waals surface area contributed by atoms with Gasteiger partial charge in [-0.2, -0.15) is 0 Å². The molecular weight excluding hydrogens is 252 g/mol. The fourth-order valence-corrected chi connectivity index (χ4v) is 3.29. The maximum absolute atomic E-state index is 5.74. The van der Waals surface area contributed by atoms with E-state index in [2.05, 4.69) is 37.8 Å². The van der Waals surface area contributed by atoms with E-state index < -0.39 is 0 Å². The van der Waals surface area contributed by atoms with Crippen molar-refractivity contribution in [3.05, 3.63) is 34.4 Å². The molecule has 0 aliphatic carbocycles. The van der Waals surface area contributed by atoms with Gasteiger partial charge in [-0.05, 0) is 63.4 Å². The molecule has 0 unspecified atom stereocenters. The predicted octanol–water partition coefficient (Wildman–Crippen LogP) is 3.11. The van der Waals surface area contributed by atoms with E-state index in [1.165, 1.54) is 22.3 Å². The molecule has 1 saturated heterocycles. The molecule has 2 nitrogen and oxygen atoms in total. The summed E-state index contributed by atoms with van der Waals surface area (Å²) in [5.74, 6) is 0.450.